The zero-order valence-electron chi connectivity index (χ0n) is 17.6. The average molecular weight is 571 g/mol. The van der Waals surface area contributed by atoms with E-state index in [2.05, 4.69) is 24.8 Å². The third-order valence-corrected chi connectivity index (χ3v) is 8.00. The molecule has 1 N–H and O–H groups in total. The second kappa shape index (κ2) is 9.57. The van der Waals surface area contributed by atoms with Crippen molar-refractivity contribution in [3.05, 3.63) is 80.3 Å². The van der Waals surface area contributed by atoms with Gasteiger partial charge in [-0.05, 0) is 58.3 Å². The predicted molar refractivity (Wildman–Crippen MR) is 137 cm³/mol. The van der Waals surface area contributed by atoms with Gasteiger partial charge in [-0.1, -0.05) is 58.5 Å². The van der Waals surface area contributed by atoms with Crippen LogP contribution in [-0.4, -0.2) is 31.0 Å². The molecular formula is C22H15Cl4N5O3S. The summed E-state index contributed by atoms with van der Waals surface area (Å²) in [5, 5.41) is 15.6. The van der Waals surface area contributed by atoms with Crippen molar-refractivity contribution < 1.29 is 13.0 Å². The summed E-state index contributed by atoms with van der Waals surface area (Å²) in [5.41, 5.74) is 2.39. The van der Waals surface area contributed by atoms with Crippen molar-refractivity contribution in [2.75, 3.05) is 11.6 Å². The van der Waals surface area contributed by atoms with Gasteiger partial charge in [-0.15, -0.1) is 0 Å². The molecule has 1 aliphatic rings. The summed E-state index contributed by atoms with van der Waals surface area (Å²) in [4.78, 5) is -0.0939. The highest BCUT2D eigenvalue weighted by Gasteiger charge is 2.31. The quantitative estimate of drug-likeness (QED) is 0.299. The Morgan fingerprint density at radius 1 is 0.914 bits per heavy atom. The van der Waals surface area contributed by atoms with Gasteiger partial charge in [0.1, 0.15) is 4.90 Å². The summed E-state index contributed by atoms with van der Waals surface area (Å²) >= 11 is 24.6. The van der Waals surface area contributed by atoms with Crippen molar-refractivity contribution in [2.24, 2.45) is 5.10 Å². The maximum atomic E-state index is 13.1. The van der Waals surface area contributed by atoms with Gasteiger partial charge in [0.15, 0.2) is 11.0 Å². The lowest BCUT2D eigenvalue weighted by molar-refractivity contribution is 0.315. The highest BCUT2D eigenvalue weighted by atomic mass is 35.5. The van der Waals surface area contributed by atoms with E-state index < -0.39 is 10.0 Å². The largest absolute Gasteiger partial charge is 0.256 e. The summed E-state index contributed by atoms with van der Waals surface area (Å²) < 4.78 is 33.4. The maximum absolute atomic E-state index is 13.1. The van der Waals surface area contributed by atoms with Crippen LogP contribution in [0.25, 0.3) is 11.0 Å². The molecule has 0 saturated heterocycles. The molecule has 13 heteroatoms. The fraction of sp³-hybridized carbons (Fsp3) is 0.136. The molecule has 0 fully saturated rings. The first-order valence-corrected chi connectivity index (χ1v) is 13.2. The first-order chi connectivity index (χ1) is 16.7. The van der Waals surface area contributed by atoms with Gasteiger partial charge in [0.2, 0.25) is 10.0 Å². The molecule has 0 bridgehead atoms. The molecule has 8 nitrogen and oxygen atoms in total. The Balaban J connectivity index is 1.44. The number of halogens is 4. The molecule has 0 spiro atoms. The van der Waals surface area contributed by atoms with Gasteiger partial charge in [-0.25, -0.2) is 17.8 Å². The van der Waals surface area contributed by atoms with Crippen molar-refractivity contribution in [3.63, 3.8) is 0 Å². The van der Waals surface area contributed by atoms with E-state index in [1.54, 1.807) is 35.3 Å². The fourth-order valence-corrected chi connectivity index (χ4v) is 5.76. The molecule has 2 heterocycles. The number of hydrogen-bond acceptors (Lipinski definition) is 7. The fourth-order valence-electron chi connectivity index (χ4n) is 3.80. The van der Waals surface area contributed by atoms with Gasteiger partial charge in [0, 0.05) is 16.5 Å². The van der Waals surface area contributed by atoms with Crippen LogP contribution in [0.2, 0.25) is 20.1 Å². The Bertz CT molecular complexity index is 1560. The number of aromatic nitrogens is 2. The second-order valence-electron chi connectivity index (χ2n) is 7.71. The normalized spacial score (nSPS) is 16.2. The Kier molecular flexibility index (Phi) is 6.65. The zero-order valence-corrected chi connectivity index (χ0v) is 21.5. The molecule has 1 aliphatic heterocycles. The van der Waals surface area contributed by atoms with Crippen LogP contribution in [0.1, 0.15) is 18.0 Å². The molecule has 180 valence electrons. The van der Waals surface area contributed by atoms with Crippen LogP contribution < -0.4 is 9.73 Å². The molecule has 0 saturated carbocycles. The lowest BCUT2D eigenvalue weighted by Crippen LogP contribution is -2.29. The van der Waals surface area contributed by atoms with Crippen molar-refractivity contribution in [1.82, 2.24) is 15.0 Å². The Hall–Kier alpha value is -2.40. The highest BCUT2D eigenvalue weighted by molar-refractivity contribution is 7.89. The molecule has 1 unspecified atom stereocenters. The molecule has 0 amide bonds. The molecule has 0 aliphatic carbocycles. The summed E-state index contributed by atoms with van der Waals surface area (Å²) in [6.07, 6.45) is 0.449. The third kappa shape index (κ3) is 4.84. The number of hydrogen-bond donors (Lipinski definition) is 1. The molecule has 1 atom stereocenters. The van der Waals surface area contributed by atoms with Crippen LogP contribution in [-0.2, 0) is 10.0 Å². The van der Waals surface area contributed by atoms with E-state index in [0.29, 0.717) is 32.9 Å². The minimum atomic E-state index is -3.98. The van der Waals surface area contributed by atoms with Gasteiger partial charge in [0.25, 0.3) is 0 Å². The van der Waals surface area contributed by atoms with Crippen LogP contribution in [0.4, 0.5) is 5.69 Å². The van der Waals surface area contributed by atoms with Crippen LogP contribution >= 0.6 is 46.4 Å². The van der Waals surface area contributed by atoms with Gasteiger partial charge >= 0.3 is 0 Å². The zero-order chi connectivity index (χ0) is 24.7. The van der Waals surface area contributed by atoms with E-state index in [-0.39, 0.29) is 33.5 Å². The van der Waals surface area contributed by atoms with Gasteiger partial charge in [-0.3, -0.25) is 5.01 Å². The average Bonchev–Trinajstić information content (AvgIpc) is 3.47. The molecular weight excluding hydrogens is 556 g/mol. The second-order valence-corrected chi connectivity index (χ2v) is 11.1. The van der Waals surface area contributed by atoms with Crippen LogP contribution in [0.15, 0.2) is 69.2 Å². The van der Waals surface area contributed by atoms with E-state index in [1.807, 2.05) is 12.1 Å². The van der Waals surface area contributed by atoms with Crippen molar-refractivity contribution in [3.8, 4) is 0 Å². The summed E-state index contributed by atoms with van der Waals surface area (Å²) in [5.74, 6) is 0. The molecule has 0 radical (unpaired) electrons. The lowest BCUT2D eigenvalue weighted by atomic mass is 10.0. The number of benzene rings is 3. The Morgan fingerprint density at radius 3 is 2.37 bits per heavy atom. The standard InChI is InChI=1S/C22H15Cl4N5O3S/c23-13-3-1-12(2-4-13)19-10-15(28-31(19)18-7-5-14(24)9-17(18)26)11-27-35(32,33)20-8-6-16(25)21-22(20)30-34-29-21/h1-9,19,27H,10-11H2. The molecule has 4 aromatic rings. The van der Waals surface area contributed by atoms with Crippen molar-refractivity contribution in [1.29, 1.82) is 0 Å². The monoisotopic (exact) mass is 569 g/mol. The number of anilines is 1. The van der Waals surface area contributed by atoms with Crippen LogP contribution in [0.5, 0.6) is 0 Å². The smallest absolute Gasteiger partial charge is 0.243 e. The molecule has 1 aromatic heterocycles. The number of sulfonamides is 1. The first-order valence-electron chi connectivity index (χ1n) is 10.2. The molecule has 5 rings (SSSR count). The van der Waals surface area contributed by atoms with Crippen molar-refractivity contribution >= 4 is 78.9 Å². The Labute approximate surface area is 220 Å². The topological polar surface area (TPSA) is 101 Å². The number of fused-ring (bicyclic) bond motifs is 1. The van der Waals surface area contributed by atoms with Gasteiger partial charge in [-0.2, -0.15) is 5.10 Å². The highest BCUT2D eigenvalue weighted by Crippen LogP contribution is 2.40. The summed E-state index contributed by atoms with van der Waals surface area (Å²) in [6, 6.07) is 15.0. The van der Waals surface area contributed by atoms with Crippen molar-refractivity contribution in [2.45, 2.75) is 17.4 Å². The number of nitrogens with one attached hydrogen (secondary N) is 1. The summed E-state index contributed by atoms with van der Waals surface area (Å²) in [6.45, 7) is -0.0382. The third-order valence-electron chi connectivity index (χ3n) is 5.47. The van der Waals surface area contributed by atoms with E-state index in [9.17, 15) is 8.42 Å². The predicted octanol–water partition coefficient (Wildman–Crippen LogP) is 6.12. The molecule has 3 aromatic carbocycles. The van der Waals surface area contributed by atoms with Crippen LogP contribution in [0, 0.1) is 0 Å². The molecule has 35 heavy (non-hydrogen) atoms. The number of rotatable bonds is 6. The number of nitrogens with zero attached hydrogens (tertiary/aromatic N) is 4. The van der Waals surface area contributed by atoms with E-state index in [0.717, 1.165) is 5.56 Å². The first kappa shape index (κ1) is 24.3. The SMILES string of the molecule is O=S(=O)(NCC1=NN(c2ccc(Cl)cc2Cl)C(c2ccc(Cl)cc2)C1)c1ccc(Cl)c2nonc12. The van der Waals surface area contributed by atoms with E-state index in [4.69, 9.17) is 46.4 Å². The maximum Gasteiger partial charge on any atom is 0.243 e. The van der Waals surface area contributed by atoms with Gasteiger partial charge in [0.05, 0.1) is 34.0 Å². The Morgan fingerprint density at radius 2 is 1.63 bits per heavy atom. The van der Waals surface area contributed by atoms with E-state index in [1.165, 1.54) is 12.1 Å². The van der Waals surface area contributed by atoms with E-state index >= 15 is 0 Å². The van der Waals surface area contributed by atoms with Crippen LogP contribution in [0.3, 0.4) is 0 Å². The van der Waals surface area contributed by atoms with Gasteiger partial charge < -0.3 is 0 Å². The minimum Gasteiger partial charge on any atom is -0.256 e. The number of hydrazone groups is 1. The lowest BCUT2D eigenvalue weighted by Gasteiger charge is -2.25. The summed E-state index contributed by atoms with van der Waals surface area (Å²) in [7, 11) is -3.98. The minimum absolute atomic E-state index is 0.0382.